The molecule has 1 N–H and O–H groups in total. The molecule has 1 aromatic heterocycles. The van der Waals surface area contributed by atoms with Crippen molar-refractivity contribution in [3.8, 4) is 0 Å². The van der Waals surface area contributed by atoms with E-state index >= 15 is 0 Å². The zero-order valence-electron chi connectivity index (χ0n) is 17.7. The molecule has 0 radical (unpaired) electrons. The molecule has 1 saturated carbocycles. The first kappa shape index (κ1) is 20.9. The molecule has 1 aliphatic rings. The Bertz CT molecular complexity index is 922. The number of benzene rings is 1. The van der Waals surface area contributed by atoms with Crippen molar-refractivity contribution in [2.45, 2.75) is 58.9 Å². The molecule has 0 bridgehead atoms. The highest BCUT2D eigenvalue weighted by Gasteiger charge is 2.26. The van der Waals surface area contributed by atoms with Gasteiger partial charge in [-0.15, -0.1) is 0 Å². The van der Waals surface area contributed by atoms with Crippen molar-refractivity contribution >= 4 is 23.6 Å². The Labute approximate surface area is 172 Å². The fourth-order valence-electron chi connectivity index (χ4n) is 3.66. The van der Waals surface area contributed by atoms with E-state index in [1.54, 1.807) is 6.08 Å². The van der Waals surface area contributed by atoms with Gasteiger partial charge in [0, 0.05) is 29.2 Å². The number of ether oxygens (including phenoxy) is 1. The Morgan fingerprint density at radius 1 is 1.28 bits per heavy atom. The summed E-state index contributed by atoms with van der Waals surface area (Å²) in [5.41, 5.74) is 5.23. The Kier molecular flexibility index (Phi) is 6.57. The molecule has 0 aliphatic heterocycles. The lowest BCUT2D eigenvalue weighted by Gasteiger charge is -2.15. The Hall–Kier alpha value is -2.82. The number of carbonyl (C=O) groups excluding carboxylic acids is 2. The Morgan fingerprint density at radius 3 is 2.69 bits per heavy atom. The van der Waals surface area contributed by atoms with Gasteiger partial charge in [-0.3, -0.25) is 4.79 Å². The van der Waals surface area contributed by atoms with E-state index in [0.717, 1.165) is 28.9 Å². The molecule has 29 heavy (non-hydrogen) atoms. The van der Waals surface area contributed by atoms with Crippen LogP contribution in [0.2, 0.25) is 0 Å². The number of carbonyl (C=O) groups is 2. The predicted molar refractivity (Wildman–Crippen MR) is 116 cm³/mol. The quantitative estimate of drug-likeness (QED) is 0.498. The number of hydrogen-bond donors (Lipinski definition) is 1. The third-order valence-electron chi connectivity index (χ3n) is 5.56. The first-order valence-electron chi connectivity index (χ1n) is 10.3. The summed E-state index contributed by atoms with van der Waals surface area (Å²) in [5.74, 6) is -0.521. The van der Waals surface area contributed by atoms with Gasteiger partial charge in [0.1, 0.15) is 0 Å². The highest BCUT2D eigenvalue weighted by atomic mass is 16.5. The summed E-state index contributed by atoms with van der Waals surface area (Å²) in [4.78, 5) is 24.3. The largest absolute Gasteiger partial charge is 0.452 e. The van der Waals surface area contributed by atoms with Crippen LogP contribution >= 0.6 is 0 Å². The predicted octanol–water partition coefficient (Wildman–Crippen LogP) is 5.15. The first-order chi connectivity index (χ1) is 13.9. The van der Waals surface area contributed by atoms with Crippen LogP contribution in [0.1, 0.15) is 67.6 Å². The number of hydrogen-bond acceptors (Lipinski definition) is 3. The lowest BCUT2D eigenvalue weighted by atomic mass is 9.97. The summed E-state index contributed by atoms with van der Waals surface area (Å²) in [5, 5.41) is 2.85. The van der Waals surface area contributed by atoms with E-state index in [-0.39, 0.29) is 12.5 Å². The molecule has 3 rings (SSSR count). The van der Waals surface area contributed by atoms with Crippen LogP contribution < -0.4 is 5.32 Å². The van der Waals surface area contributed by atoms with Gasteiger partial charge in [0.05, 0.1) is 0 Å². The summed E-state index contributed by atoms with van der Waals surface area (Å²) in [6, 6.07) is 10.4. The number of aromatic nitrogens is 1. The van der Waals surface area contributed by atoms with Crippen molar-refractivity contribution in [2.24, 2.45) is 0 Å². The fraction of sp³-hybridized carbons (Fsp3) is 0.417. The third kappa shape index (κ3) is 5.17. The van der Waals surface area contributed by atoms with Crippen LogP contribution in [0.4, 0.5) is 5.69 Å². The molecule has 0 spiro atoms. The molecule has 1 heterocycles. The van der Waals surface area contributed by atoms with Crippen molar-refractivity contribution in [2.75, 3.05) is 11.9 Å². The Morgan fingerprint density at radius 2 is 2.00 bits per heavy atom. The standard InChI is InChI=1S/C24H30N2O3/c1-5-16(2)21-8-6-7-9-22(21)25-23(27)15-29-24(28)13-10-19-14-17(3)26(18(19)4)20-11-12-20/h6-10,13-14,16,20H,5,11-12,15H2,1-4H3,(H,25,27)/b13-10+/t16-/m1/s1. The topological polar surface area (TPSA) is 60.3 Å². The van der Waals surface area contributed by atoms with Crippen LogP contribution in [-0.4, -0.2) is 23.1 Å². The van der Waals surface area contributed by atoms with E-state index in [4.69, 9.17) is 4.74 Å². The molecular formula is C24H30N2O3. The van der Waals surface area contributed by atoms with Crippen LogP contribution in [0.15, 0.2) is 36.4 Å². The molecule has 5 heteroatoms. The van der Waals surface area contributed by atoms with Gasteiger partial charge in [-0.2, -0.15) is 0 Å². The van der Waals surface area contributed by atoms with E-state index < -0.39 is 5.97 Å². The molecule has 2 aromatic rings. The minimum Gasteiger partial charge on any atom is -0.452 e. The summed E-state index contributed by atoms with van der Waals surface area (Å²) >= 11 is 0. The second-order valence-electron chi connectivity index (χ2n) is 7.81. The lowest BCUT2D eigenvalue weighted by Crippen LogP contribution is -2.21. The van der Waals surface area contributed by atoms with Gasteiger partial charge >= 0.3 is 5.97 Å². The number of esters is 1. The molecular weight excluding hydrogens is 364 g/mol. The van der Waals surface area contributed by atoms with Crippen LogP contribution in [0.5, 0.6) is 0 Å². The summed E-state index contributed by atoms with van der Waals surface area (Å²) in [7, 11) is 0. The highest BCUT2D eigenvalue weighted by Crippen LogP contribution is 2.38. The van der Waals surface area contributed by atoms with E-state index in [2.05, 4.69) is 43.6 Å². The van der Waals surface area contributed by atoms with E-state index in [1.807, 2.05) is 24.3 Å². The maximum Gasteiger partial charge on any atom is 0.331 e. The van der Waals surface area contributed by atoms with Crippen molar-refractivity contribution in [1.29, 1.82) is 0 Å². The first-order valence-corrected chi connectivity index (χ1v) is 10.3. The monoisotopic (exact) mass is 394 g/mol. The SMILES string of the molecule is CC[C@@H](C)c1ccccc1NC(=O)COC(=O)/C=C/c1cc(C)n(C2CC2)c1C. The van der Waals surface area contributed by atoms with Gasteiger partial charge < -0.3 is 14.6 Å². The number of rotatable bonds is 8. The molecule has 1 fully saturated rings. The second kappa shape index (κ2) is 9.12. The zero-order chi connectivity index (χ0) is 21.0. The number of nitrogens with zero attached hydrogens (tertiary/aromatic N) is 1. The van der Waals surface area contributed by atoms with E-state index in [0.29, 0.717) is 12.0 Å². The van der Waals surface area contributed by atoms with Crippen LogP contribution in [0, 0.1) is 13.8 Å². The summed E-state index contributed by atoms with van der Waals surface area (Å²) < 4.78 is 7.44. The Balaban J connectivity index is 1.54. The molecule has 5 nitrogen and oxygen atoms in total. The van der Waals surface area contributed by atoms with Gasteiger partial charge in [0.2, 0.25) is 0 Å². The van der Waals surface area contributed by atoms with Gasteiger partial charge in [0.15, 0.2) is 6.61 Å². The molecule has 0 saturated heterocycles. The third-order valence-corrected chi connectivity index (χ3v) is 5.56. The average molecular weight is 395 g/mol. The van der Waals surface area contributed by atoms with E-state index in [1.165, 1.54) is 24.6 Å². The number of aryl methyl sites for hydroxylation is 1. The van der Waals surface area contributed by atoms with Gasteiger partial charge in [0.25, 0.3) is 5.91 Å². The minimum absolute atomic E-state index is 0.306. The smallest absolute Gasteiger partial charge is 0.331 e. The van der Waals surface area contributed by atoms with Gasteiger partial charge in [-0.1, -0.05) is 32.0 Å². The molecule has 1 amide bonds. The summed E-state index contributed by atoms with van der Waals surface area (Å²) in [6.45, 7) is 8.08. The number of amides is 1. The van der Waals surface area contributed by atoms with Crippen molar-refractivity contribution < 1.29 is 14.3 Å². The molecule has 1 aliphatic carbocycles. The number of nitrogens with one attached hydrogen (secondary N) is 1. The van der Waals surface area contributed by atoms with Crippen LogP contribution in [0.25, 0.3) is 6.08 Å². The molecule has 0 unspecified atom stereocenters. The lowest BCUT2D eigenvalue weighted by molar-refractivity contribution is -0.142. The normalized spacial score (nSPS) is 14.8. The number of anilines is 1. The van der Waals surface area contributed by atoms with Crippen LogP contribution in [-0.2, 0) is 14.3 Å². The van der Waals surface area contributed by atoms with E-state index in [9.17, 15) is 9.59 Å². The minimum atomic E-state index is -0.522. The fourth-order valence-corrected chi connectivity index (χ4v) is 3.66. The van der Waals surface area contributed by atoms with Gasteiger partial charge in [-0.05, 0) is 68.4 Å². The molecule has 154 valence electrons. The second-order valence-corrected chi connectivity index (χ2v) is 7.81. The maximum absolute atomic E-state index is 12.2. The van der Waals surface area contributed by atoms with Crippen molar-refractivity contribution in [3.05, 3.63) is 58.9 Å². The van der Waals surface area contributed by atoms with Crippen LogP contribution in [0.3, 0.4) is 0 Å². The summed E-state index contributed by atoms with van der Waals surface area (Å²) in [6.07, 6.45) is 6.57. The number of para-hydroxylation sites is 1. The van der Waals surface area contributed by atoms with Crippen molar-refractivity contribution in [1.82, 2.24) is 4.57 Å². The average Bonchev–Trinajstić information content (AvgIpc) is 3.50. The highest BCUT2D eigenvalue weighted by molar-refractivity contribution is 5.95. The van der Waals surface area contributed by atoms with Crippen molar-refractivity contribution in [3.63, 3.8) is 0 Å². The zero-order valence-corrected chi connectivity index (χ0v) is 17.7. The molecule has 1 aromatic carbocycles. The maximum atomic E-state index is 12.2. The molecule has 1 atom stereocenters. The van der Waals surface area contributed by atoms with Gasteiger partial charge in [-0.25, -0.2) is 4.79 Å².